The van der Waals surface area contributed by atoms with E-state index in [2.05, 4.69) is 15.3 Å². The van der Waals surface area contributed by atoms with Gasteiger partial charge in [0.15, 0.2) is 17.8 Å². The lowest BCUT2D eigenvalue weighted by Crippen LogP contribution is -2.48. The van der Waals surface area contributed by atoms with Gasteiger partial charge in [-0.05, 0) is 32.8 Å². The first-order chi connectivity index (χ1) is 17.5. The monoisotopic (exact) mass is 513 g/mol. The second-order valence-corrected chi connectivity index (χ2v) is 9.28. The largest absolute Gasteiger partial charge is 0.463 e. The zero-order chi connectivity index (χ0) is 27.3. The average molecular weight is 514 g/mol. The number of amides is 1. The molecular formula is C26H31N3O8. The lowest BCUT2D eigenvalue weighted by atomic mass is 9.91. The van der Waals surface area contributed by atoms with Crippen LogP contribution in [0.25, 0.3) is 0 Å². The second-order valence-electron chi connectivity index (χ2n) is 9.28. The van der Waals surface area contributed by atoms with Crippen LogP contribution in [0.5, 0.6) is 0 Å². The molecule has 2 aromatic rings. The summed E-state index contributed by atoms with van der Waals surface area (Å²) < 4.78 is 16.6. The van der Waals surface area contributed by atoms with Crippen LogP contribution in [0.15, 0.2) is 35.1 Å². The summed E-state index contributed by atoms with van der Waals surface area (Å²) in [5.41, 5.74) is 0.544. The van der Waals surface area contributed by atoms with Crippen LogP contribution in [-0.4, -0.2) is 58.6 Å². The highest BCUT2D eigenvalue weighted by Gasteiger charge is 2.42. The molecule has 1 fully saturated rings. The van der Waals surface area contributed by atoms with E-state index in [1.807, 2.05) is 30.3 Å². The molecule has 0 spiro atoms. The minimum atomic E-state index is -1.42. The zero-order valence-corrected chi connectivity index (χ0v) is 21.4. The fourth-order valence-corrected chi connectivity index (χ4v) is 3.75. The molecule has 0 radical (unpaired) electrons. The Kier molecular flexibility index (Phi) is 8.80. The van der Waals surface area contributed by atoms with Crippen LogP contribution in [0.4, 0.5) is 0 Å². The Labute approximate surface area is 213 Å². The normalized spacial score (nSPS) is 22.2. The van der Waals surface area contributed by atoms with Crippen molar-refractivity contribution in [2.24, 2.45) is 11.8 Å². The van der Waals surface area contributed by atoms with Gasteiger partial charge >= 0.3 is 17.9 Å². The van der Waals surface area contributed by atoms with Crippen molar-refractivity contribution >= 4 is 23.8 Å². The van der Waals surface area contributed by atoms with Gasteiger partial charge in [0, 0.05) is 5.69 Å². The summed E-state index contributed by atoms with van der Waals surface area (Å²) in [7, 11) is 0. The summed E-state index contributed by atoms with van der Waals surface area (Å²) in [5.74, 6) is -4.61. The summed E-state index contributed by atoms with van der Waals surface area (Å²) in [6, 6.07) is 7.65. The third kappa shape index (κ3) is 6.81. The number of cyclic esters (lactones) is 2. The lowest BCUT2D eigenvalue weighted by molar-refractivity contribution is -0.176. The number of nitrogens with zero attached hydrogens (tertiary/aromatic N) is 1. The first-order valence-corrected chi connectivity index (χ1v) is 12.0. The van der Waals surface area contributed by atoms with E-state index in [4.69, 9.17) is 14.2 Å². The number of rotatable bonds is 6. The van der Waals surface area contributed by atoms with Crippen molar-refractivity contribution in [3.8, 4) is 0 Å². The van der Waals surface area contributed by atoms with Gasteiger partial charge in [0.05, 0.1) is 11.6 Å². The molecule has 4 atom stereocenters. The zero-order valence-electron chi connectivity index (χ0n) is 21.4. The topological polar surface area (TPSA) is 154 Å². The lowest BCUT2D eigenvalue weighted by Gasteiger charge is -2.29. The smallest absolute Gasteiger partial charge is 0.332 e. The van der Waals surface area contributed by atoms with Gasteiger partial charge in [-0.1, -0.05) is 44.2 Å². The average Bonchev–Trinajstić information content (AvgIpc) is 2.88. The maximum Gasteiger partial charge on any atom is 0.332 e. The molecule has 198 valence electrons. The molecule has 2 heterocycles. The van der Waals surface area contributed by atoms with Crippen molar-refractivity contribution in [3.63, 3.8) is 0 Å². The number of nitrogens with one attached hydrogen (secondary N) is 2. The van der Waals surface area contributed by atoms with Gasteiger partial charge in [0.25, 0.3) is 11.5 Å². The van der Waals surface area contributed by atoms with Crippen molar-refractivity contribution in [3.05, 3.63) is 63.3 Å². The number of benzene rings is 1. The van der Waals surface area contributed by atoms with Crippen molar-refractivity contribution in [1.82, 2.24) is 15.3 Å². The number of aromatic amines is 1. The first kappa shape index (κ1) is 27.6. The SMILES string of the molecule is Cc1nc(C(=O)NC2COC(=O)C(Cc3ccccc3)C(OC(=O)C(C)C)C(C)OC2=O)c(=O)[nH]c1C. The highest BCUT2D eigenvalue weighted by molar-refractivity contribution is 5.95. The molecule has 1 aromatic carbocycles. The fourth-order valence-electron chi connectivity index (χ4n) is 3.75. The number of H-pyrrole nitrogens is 1. The van der Waals surface area contributed by atoms with E-state index in [-0.39, 0.29) is 6.42 Å². The molecule has 11 heteroatoms. The Morgan fingerprint density at radius 3 is 2.46 bits per heavy atom. The van der Waals surface area contributed by atoms with E-state index in [1.165, 1.54) is 6.92 Å². The van der Waals surface area contributed by atoms with Gasteiger partial charge in [-0.25, -0.2) is 9.78 Å². The van der Waals surface area contributed by atoms with Gasteiger partial charge in [0.1, 0.15) is 18.6 Å². The molecule has 37 heavy (non-hydrogen) atoms. The molecule has 4 unspecified atom stereocenters. The van der Waals surface area contributed by atoms with Crippen molar-refractivity contribution < 1.29 is 33.4 Å². The Morgan fingerprint density at radius 2 is 1.81 bits per heavy atom. The van der Waals surface area contributed by atoms with E-state index in [0.29, 0.717) is 11.4 Å². The van der Waals surface area contributed by atoms with Gasteiger partial charge in [0.2, 0.25) is 0 Å². The van der Waals surface area contributed by atoms with Crippen molar-refractivity contribution in [1.29, 1.82) is 0 Å². The van der Waals surface area contributed by atoms with E-state index in [1.54, 1.807) is 27.7 Å². The minimum Gasteiger partial charge on any atom is -0.463 e. The van der Waals surface area contributed by atoms with Gasteiger partial charge in [-0.2, -0.15) is 0 Å². The Balaban J connectivity index is 1.88. The highest BCUT2D eigenvalue weighted by atomic mass is 16.6. The molecule has 1 aromatic heterocycles. The highest BCUT2D eigenvalue weighted by Crippen LogP contribution is 2.24. The fraction of sp³-hybridized carbons (Fsp3) is 0.462. The first-order valence-electron chi connectivity index (χ1n) is 12.0. The number of hydrogen-bond donors (Lipinski definition) is 2. The summed E-state index contributed by atoms with van der Waals surface area (Å²) >= 11 is 0. The molecule has 1 aliphatic rings. The quantitative estimate of drug-likeness (QED) is 0.431. The molecule has 1 amide bonds. The van der Waals surface area contributed by atoms with Crippen molar-refractivity contribution in [2.75, 3.05) is 6.61 Å². The molecular weight excluding hydrogens is 482 g/mol. The Hall–Kier alpha value is -4.02. The predicted molar refractivity (Wildman–Crippen MR) is 130 cm³/mol. The summed E-state index contributed by atoms with van der Waals surface area (Å²) in [6.45, 7) is 7.50. The van der Waals surface area contributed by atoms with E-state index < -0.39 is 71.8 Å². The number of ether oxygens (including phenoxy) is 3. The van der Waals surface area contributed by atoms with Crippen LogP contribution in [0.2, 0.25) is 0 Å². The molecule has 3 rings (SSSR count). The molecule has 11 nitrogen and oxygen atoms in total. The van der Waals surface area contributed by atoms with Gasteiger partial charge < -0.3 is 24.5 Å². The van der Waals surface area contributed by atoms with E-state index in [9.17, 15) is 24.0 Å². The van der Waals surface area contributed by atoms with Gasteiger partial charge in [-0.3, -0.25) is 19.2 Å². The number of aryl methyl sites for hydroxylation is 2. The molecule has 1 aliphatic heterocycles. The standard InChI is InChI=1S/C26H31N3O8/c1-13(2)24(32)37-21-16(5)36-26(34)19(29-23(31)20-22(30)28-15(4)14(3)27-20)12-35-25(33)18(21)11-17-9-7-6-8-10-17/h6-10,13,16,18-19,21H,11-12H2,1-5H3,(H,28,30)(H,29,31). The molecule has 0 aliphatic carbocycles. The summed E-state index contributed by atoms with van der Waals surface area (Å²) in [5, 5.41) is 2.37. The Bertz CT molecular complexity index is 1220. The maximum absolute atomic E-state index is 13.2. The molecule has 0 bridgehead atoms. The minimum absolute atomic E-state index is 0.163. The molecule has 0 saturated carbocycles. The van der Waals surface area contributed by atoms with Crippen LogP contribution in [0.3, 0.4) is 0 Å². The van der Waals surface area contributed by atoms with Crippen LogP contribution in [0, 0.1) is 25.7 Å². The van der Waals surface area contributed by atoms with E-state index >= 15 is 0 Å². The number of hydrogen-bond acceptors (Lipinski definition) is 9. The summed E-state index contributed by atoms with van der Waals surface area (Å²) in [4.78, 5) is 70.2. The molecule has 2 N–H and O–H groups in total. The van der Waals surface area contributed by atoms with Crippen LogP contribution < -0.4 is 10.9 Å². The molecule has 1 saturated heterocycles. The Morgan fingerprint density at radius 1 is 1.14 bits per heavy atom. The van der Waals surface area contributed by atoms with Crippen LogP contribution >= 0.6 is 0 Å². The predicted octanol–water partition coefficient (Wildman–Crippen LogP) is 1.40. The summed E-state index contributed by atoms with van der Waals surface area (Å²) in [6.07, 6.45) is -2.02. The maximum atomic E-state index is 13.2. The number of aromatic nitrogens is 2. The third-order valence-electron chi connectivity index (χ3n) is 6.02. The second kappa shape index (κ2) is 11.8. The van der Waals surface area contributed by atoms with E-state index in [0.717, 1.165) is 5.56 Å². The third-order valence-corrected chi connectivity index (χ3v) is 6.02. The van der Waals surface area contributed by atoms with Crippen LogP contribution in [0.1, 0.15) is 48.2 Å². The number of carbonyl (C=O) groups is 4. The number of carbonyl (C=O) groups excluding carboxylic acids is 4. The number of esters is 3. The van der Waals surface area contributed by atoms with Gasteiger partial charge in [-0.15, -0.1) is 0 Å². The van der Waals surface area contributed by atoms with Crippen LogP contribution in [-0.2, 0) is 35.0 Å². The van der Waals surface area contributed by atoms with Crippen molar-refractivity contribution in [2.45, 2.75) is 59.3 Å².